The van der Waals surface area contributed by atoms with Gasteiger partial charge in [-0.25, -0.2) is 5.43 Å². The minimum Gasteiger partial charge on any atom is -0.326 e. The molecule has 124 valence electrons. The molecule has 1 aliphatic rings. The van der Waals surface area contributed by atoms with E-state index in [-0.39, 0.29) is 24.7 Å². The van der Waals surface area contributed by atoms with Gasteiger partial charge in [-0.05, 0) is 44.2 Å². The molecule has 1 fully saturated rings. The van der Waals surface area contributed by atoms with E-state index in [1.54, 1.807) is 0 Å². The van der Waals surface area contributed by atoms with Gasteiger partial charge in [0.25, 0.3) is 0 Å². The molecule has 1 atom stereocenters. The van der Waals surface area contributed by atoms with Crippen LogP contribution in [0.2, 0.25) is 0 Å². The molecule has 2 amide bonds. The second-order valence-corrected chi connectivity index (χ2v) is 6.20. The summed E-state index contributed by atoms with van der Waals surface area (Å²) >= 11 is 0. The Bertz CT molecular complexity index is 578. The van der Waals surface area contributed by atoms with Crippen LogP contribution in [0, 0.1) is 12.8 Å². The number of aryl methyl sites for hydroxylation is 1. The first-order chi connectivity index (χ1) is 11.0. The smallest absolute Gasteiger partial charge is 0.240 e. The van der Waals surface area contributed by atoms with Crippen LogP contribution >= 0.6 is 0 Å². The summed E-state index contributed by atoms with van der Waals surface area (Å²) in [5.41, 5.74) is 5.53. The van der Waals surface area contributed by atoms with Crippen molar-refractivity contribution in [3.8, 4) is 0 Å². The van der Waals surface area contributed by atoms with Crippen molar-refractivity contribution in [1.82, 2.24) is 5.43 Å². The number of hydrazone groups is 1. The third kappa shape index (κ3) is 5.85. The highest BCUT2D eigenvalue weighted by molar-refractivity contribution is 5.93. The van der Waals surface area contributed by atoms with Gasteiger partial charge in [0.05, 0.1) is 0 Å². The van der Waals surface area contributed by atoms with Gasteiger partial charge in [-0.15, -0.1) is 0 Å². The van der Waals surface area contributed by atoms with Crippen molar-refractivity contribution in [3.63, 3.8) is 0 Å². The van der Waals surface area contributed by atoms with Gasteiger partial charge < -0.3 is 5.32 Å². The normalized spacial score (nSPS) is 19.4. The van der Waals surface area contributed by atoms with Crippen LogP contribution in [0.25, 0.3) is 0 Å². The minimum absolute atomic E-state index is 0.142. The second kappa shape index (κ2) is 8.46. The Hall–Kier alpha value is -2.17. The summed E-state index contributed by atoms with van der Waals surface area (Å²) in [6, 6.07) is 7.57. The molecule has 5 heteroatoms. The topological polar surface area (TPSA) is 70.6 Å². The van der Waals surface area contributed by atoms with Gasteiger partial charge in [-0.1, -0.05) is 31.0 Å². The zero-order valence-electron chi connectivity index (χ0n) is 13.9. The van der Waals surface area contributed by atoms with Gasteiger partial charge in [-0.2, -0.15) is 5.10 Å². The fourth-order valence-corrected chi connectivity index (χ4v) is 2.61. The number of nitrogens with one attached hydrogen (secondary N) is 2. The molecule has 0 bridgehead atoms. The molecule has 0 radical (unpaired) electrons. The van der Waals surface area contributed by atoms with Crippen LogP contribution < -0.4 is 10.7 Å². The van der Waals surface area contributed by atoms with Crippen molar-refractivity contribution in [3.05, 3.63) is 29.8 Å². The molecule has 0 heterocycles. The van der Waals surface area contributed by atoms with E-state index in [2.05, 4.69) is 22.8 Å². The Balaban J connectivity index is 1.72. The zero-order valence-corrected chi connectivity index (χ0v) is 13.9. The summed E-state index contributed by atoms with van der Waals surface area (Å²) in [6.45, 7) is 4.13. The van der Waals surface area contributed by atoms with Crippen molar-refractivity contribution >= 4 is 23.2 Å². The summed E-state index contributed by atoms with van der Waals surface area (Å²) < 4.78 is 0. The number of anilines is 1. The van der Waals surface area contributed by atoms with E-state index >= 15 is 0 Å². The Morgan fingerprint density at radius 2 is 1.83 bits per heavy atom. The molecule has 5 nitrogen and oxygen atoms in total. The van der Waals surface area contributed by atoms with Crippen LogP contribution in [0.4, 0.5) is 5.69 Å². The van der Waals surface area contributed by atoms with Gasteiger partial charge >= 0.3 is 0 Å². The van der Waals surface area contributed by atoms with Gasteiger partial charge in [0.2, 0.25) is 11.8 Å². The quantitative estimate of drug-likeness (QED) is 0.818. The lowest BCUT2D eigenvalue weighted by Crippen LogP contribution is -2.25. The number of nitrogens with zero attached hydrogens (tertiary/aromatic N) is 1. The lowest BCUT2D eigenvalue weighted by Gasteiger charge is -2.19. The van der Waals surface area contributed by atoms with E-state index in [1.807, 2.05) is 31.2 Å². The summed E-state index contributed by atoms with van der Waals surface area (Å²) in [5.74, 6) is 0.0610. The predicted octanol–water partition coefficient (Wildman–Crippen LogP) is 3.40. The Kier molecular flexibility index (Phi) is 6.32. The molecule has 0 unspecified atom stereocenters. The average Bonchev–Trinajstić information content (AvgIpc) is 2.54. The number of hydrogen-bond donors (Lipinski definition) is 2. The predicted molar refractivity (Wildman–Crippen MR) is 92.3 cm³/mol. The maximum atomic E-state index is 11.8. The highest BCUT2D eigenvalue weighted by Crippen LogP contribution is 2.20. The van der Waals surface area contributed by atoms with E-state index < -0.39 is 0 Å². The standard InChI is InChI=1S/C18H25N3O2/c1-13-7-9-15(10-8-13)19-17(22)11-12-18(23)21-20-16-6-4-3-5-14(16)2/h7-10,14H,3-6,11-12H2,1-2H3,(H,19,22)(H,21,23)/b20-16-/t14-/m0/s1. The Labute approximate surface area is 137 Å². The molecule has 0 spiro atoms. The maximum Gasteiger partial charge on any atom is 0.240 e. The lowest BCUT2D eigenvalue weighted by molar-refractivity contribution is -0.124. The molecule has 2 N–H and O–H groups in total. The van der Waals surface area contributed by atoms with Gasteiger partial charge in [0.1, 0.15) is 0 Å². The first-order valence-electron chi connectivity index (χ1n) is 8.26. The first kappa shape index (κ1) is 17.2. The first-order valence-corrected chi connectivity index (χ1v) is 8.26. The second-order valence-electron chi connectivity index (χ2n) is 6.20. The summed E-state index contributed by atoms with van der Waals surface area (Å²) in [5, 5.41) is 7.00. The Morgan fingerprint density at radius 3 is 2.52 bits per heavy atom. The highest BCUT2D eigenvalue weighted by Gasteiger charge is 2.16. The van der Waals surface area contributed by atoms with Crippen molar-refractivity contribution in [2.45, 2.75) is 52.4 Å². The number of hydrogen-bond acceptors (Lipinski definition) is 3. The SMILES string of the molecule is Cc1ccc(NC(=O)CCC(=O)N/N=C2/CCCC[C@@H]2C)cc1. The van der Waals surface area contributed by atoms with Crippen molar-refractivity contribution in [2.75, 3.05) is 5.32 Å². The Morgan fingerprint density at radius 1 is 1.13 bits per heavy atom. The summed E-state index contributed by atoms with van der Waals surface area (Å²) in [7, 11) is 0. The van der Waals surface area contributed by atoms with E-state index in [9.17, 15) is 9.59 Å². The molecule has 0 aliphatic heterocycles. The number of benzene rings is 1. The van der Waals surface area contributed by atoms with Crippen molar-refractivity contribution < 1.29 is 9.59 Å². The average molecular weight is 315 g/mol. The number of carbonyl (C=O) groups excluding carboxylic acids is 2. The van der Waals surface area contributed by atoms with Crippen LogP contribution in [0.1, 0.15) is 51.0 Å². The number of carbonyl (C=O) groups is 2. The molecule has 1 aliphatic carbocycles. The fraction of sp³-hybridized carbons (Fsp3) is 0.500. The van der Waals surface area contributed by atoms with Crippen LogP contribution in [0.5, 0.6) is 0 Å². The number of amides is 2. The third-order valence-corrected chi connectivity index (χ3v) is 4.13. The van der Waals surface area contributed by atoms with Crippen LogP contribution in [-0.4, -0.2) is 17.5 Å². The molecule has 0 saturated heterocycles. The third-order valence-electron chi connectivity index (χ3n) is 4.13. The maximum absolute atomic E-state index is 11.8. The molecular formula is C18H25N3O2. The highest BCUT2D eigenvalue weighted by atomic mass is 16.2. The summed E-state index contributed by atoms with van der Waals surface area (Å²) in [6.07, 6.45) is 4.75. The molecule has 23 heavy (non-hydrogen) atoms. The minimum atomic E-state index is -0.214. The molecule has 1 aromatic carbocycles. The van der Waals surface area contributed by atoms with E-state index in [0.29, 0.717) is 5.92 Å². The van der Waals surface area contributed by atoms with E-state index in [1.165, 1.54) is 6.42 Å². The largest absolute Gasteiger partial charge is 0.326 e. The van der Waals surface area contributed by atoms with E-state index in [0.717, 1.165) is 36.2 Å². The van der Waals surface area contributed by atoms with Crippen LogP contribution in [-0.2, 0) is 9.59 Å². The lowest BCUT2D eigenvalue weighted by atomic mass is 9.89. The number of rotatable bonds is 5. The van der Waals surface area contributed by atoms with Gasteiger partial charge in [0.15, 0.2) is 0 Å². The van der Waals surface area contributed by atoms with Gasteiger partial charge in [-0.3, -0.25) is 9.59 Å². The molecule has 2 rings (SSSR count). The zero-order chi connectivity index (χ0) is 16.7. The van der Waals surface area contributed by atoms with Crippen molar-refractivity contribution in [1.29, 1.82) is 0 Å². The molecule has 0 aromatic heterocycles. The monoisotopic (exact) mass is 315 g/mol. The van der Waals surface area contributed by atoms with E-state index in [4.69, 9.17) is 0 Å². The van der Waals surface area contributed by atoms with Crippen LogP contribution in [0.15, 0.2) is 29.4 Å². The van der Waals surface area contributed by atoms with Gasteiger partial charge in [0, 0.05) is 24.2 Å². The summed E-state index contributed by atoms with van der Waals surface area (Å²) in [4.78, 5) is 23.6. The molecular weight excluding hydrogens is 290 g/mol. The van der Waals surface area contributed by atoms with Crippen LogP contribution in [0.3, 0.4) is 0 Å². The molecule has 1 aromatic rings. The molecule has 1 saturated carbocycles. The fourth-order valence-electron chi connectivity index (χ4n) is 2.61. The van der Waals surface area contributed by atoms with Crippen molar-refractivity contribution in [2.24, 2.45) is 11.0 Å².